The lowest BCUT2D eigenvalue weighted by Gasteiger charge is -2.02. The van der Waals surface area contributed by atoms with E-state index in [2.05, 4.69) is 10.1 Å². The molecule has 2 rings (SSSR count). The second kappa shape index (κ2) is 6.57. The average Bonchev–Trinajstić information content (AvgIpc) is 2.96. The Kier molecular flexibility index (Phi) is 4.57. The largest absolute Gasteiger partial charge is 0.468 e. The van der Waals surface area contributed by atoms with Gasteiger partial charge in [-0.1, -0.05) is 0 Å². The smallest absolute Gasteiger partial charge is 0.325 e. The van der Waals surface area contributed by atoms with Crippen molar-refractivity contribution in [3.63, 3.8) is 0 Å². The van der Waals surface area contributed by atoms with Crippen molar-refractivity contribution >= 4 is 23.6 Å². The lowest BCUT2D eigenvalue weighted by molar-refractivity contribution is -0.385. The number of carbonyl (C=O) groups excluding carboxylic acids is 2. The van der Waals surface area contributed by atoms with E-state index in [-0.39, 0.29) is 30.3 Å². The summed E-state index contributed by atoms with van der Waals surface area (Å²) in [5.74, 6) is -0.549. The molecule has 0 spiro atoms. The molecule has 9 heteroatoms. The maximum absolute atomic E-state index is 11.5. The van der Waals surface area contributed by atoms with Crippen molar-refractivity contribution in [2.75, 3.05) is 20.4 Å². The SMILES string of the molecule is COC(=O)CNC(=O)/C=C\c1cc2c(cc1[N+](=O)[O-])OCO2. The Labute approximate surface area is 124 Å². The molecule has 1 N–H and O–H groups in total. The molecule has 116 valence electrons. The third kappa shape index (κ3) is 3.51. The summed E-state index contributed by atoms with van der Waals surface area (Å²) in [6, 6.07) is 2.64. The van der Waals surface area contributed by atoms with Crippen LogP contribution in [0.3, 0.4) is 0 Å². The van der Waals surface area contributed by atoms with E-state index in [1.54, 1.807) is 0 Å². The molecule has 0 atom stereocenters. The minimum Gasteiger partial charge on any atom is -0.468 e. The maximum atomic E-state index is 11.5. The Morgan fingerprint density at radius 1 is 1.41 bits per heavy atom. The predicted molar refractivity (Wildman–Crippen MR) is 73.3 cm³/mol. The molecular weight excluding hydrogens is 296 g/mol. The van der Waals surface area contributed by atoms with Gasteiger partial charge in [0.1, 0.15) is 6.54 Å². The van der Waals surface area contributed by atoms with Crippen molar-refractivity contribution in [1.82, 2.24) is 5.32 Å². The van der Waals surface area contributed by atoms with Gasteiger partial charge in [-0.2, -0.15) is 0 Å². The van der Waals surface area contributed by atoms with E-state index in [4.69, 9.17) is 9.47 Å². The molecule has 1 aromatic carbocycles. The number of benzene rings is 1. The molecule has 0 bridgehead atoms. The number of nitro benzene ring substituents is 1. The fourth-order valence-electron chi connectivity index (χ4n) is 1.69. The molecule has 0 saturated heterocycles. The molecule has 0 saturated carbocycles. The van der Waals surface area contributed by atoms with Crippen molar-refractivity contribution in [2.45, 2.75) is 0 Å². The number of hydrogen-bond acceptors (Lipinski definition) is 7. The van der Waals surface area contributed by atoms with Crippen molar-refractivity contribution in [3.05, 3.63) is 33.9 Å². The van der Waals surface area contributed by atoms with E-state index in [1.165, 1.54) is 25.3 Å². The van der Waals surface area contributed by atoms with Gasteiger partial charge in [-0.3, -0.25) is 19.7 Å². The molecule has 1 heterocycles. The minimum absolute atomic E-state index is 0.0146. The zero-order chi connectivity index (χ0) is 16.1. The summed E-state index contributed by atoms with van der Waals surface area (Å²) in [6.07, 6.45) is 2.33. The van der Waals surface area contributed by atoms with Crippen LogP contribution < -0.4 is 14.8 Å². The van der Waals surface area contributed by atoms with Crippen LogP contribution in [-0.2, 0) is 14.3 Å². The van der Waals surface area contributed by atoms with E-state index >= 15 is 0 Å². The highest BCUT2D eigenvalue weighted by atomic mass is 16.7. The number of methoxy groups -OCH3 is 1. The zero-order valence-electron chi connectivity index (χ0n) is 11.5. The molecule has 1 aliphatic rings. The summed E-state index contributed by atoms with van der Waals surface area (Å²) in [5.41, 5.74) is -0.0382. The van der Waals surface area contributed by atoms with Crippen LogP contribution in [0.4, 0.5) is 5.69 Å². The number of fused-ring (bicyclic) bond motifs is 1. The summed E-state index contributed by atoms with van der Waals surface area (Å²) in [7, 11) is 1.19. The van der Waals surface area contributed by atoms with Crippen LogP contribution >= 0.6 is 0 Å². The van der Waals surface area contributed by atoms with E-state index in [0.29, 0.717) is 5.75 Å². The molecule has 22 heavy (non-hydrogen) atoms. The number of rotatable bonds is 5. The summed E-state index contributed by atoms with van der Waals surface area (Å²) in [6.45, 7) is -0.303. The summed E-state index contributed by atoms with van der Waals surface area (Å²) in [5, 5.41) is 13.3. The van der Waals surface area contributed by atoms with E-state index < -0.39 is 16.8 Å². The van der Waals surface area contributed by atoms with Crippen LogP contribution in [0.25, 0.3) is 6.08 Å². The molecule has 0 unspecified atom stereocenters. The standard InChI is InChI=1S/C13H12N2O7/c1-20-13(17)6-14-12(16)3-2-8-4-10-11(22-7-21-10)5-9(8)15(18)19/h2-5H,6-7H2,1H3,(H,14,16)/b3-2-. The molecule has 0 radical (unpaired) electrons. The number of nitrogens with zero attached hydrogens (tertiary/aromatic N) is 1. The molecule has 1 aromatic rings. The molecule has 0 aliphatic carbocycles. The first-order valence-electron chi connectivity index (χ1n) is 6.12. The second-order valence-corrected chi connectivity index (χ2v) is 4.15. The van der Waals surface area contributed by atoms with Gasteiger partial charge < -0.3 is 19.5 Å². The van der Waals surface area contributed by atoms with Crippen LogP contribution in [0.1, 0.15) is 5.56 Å². The van der Waals surface area contributed by atoms with Gasteiger partial charge in [-0.15, -0.1) is 0 Å². The second-order valence-electron chi connectivity index (χ2n) is 4.15. The van der Waals surface area contributed by atoms with Crippen molar-refractivity contribution in [1.29, 1.82) is 0 Å². The number of amides is 1. The lowest BCUT2D eigenvalue weighted by atomic mass is 10.1. The highest BCUT2D eigenvalue weighted by Gasteiger charge is 2.22. The van der Waals surface area contributed by atoms with E-state index in [9.17, 15) is 19.7 Å². The van der Waals surface area contributed by atoms with E-state index in [1.807, 2.05) is 0 Å². The molecule has 1 aliphatic heterocycles. The van der Waals surface area contributed by atoms with E-state index in [0.717, 1.165) is 6.08 Å². The van der Waals surface area contributed by atoms with Gasteiger partial charge in [0.2, 0.25) is 12.7 Å². The third-order valence-corrected chi connectivity index (χ3v) is 2.77. The van der Waals surface area contributed by atoms with Gasteiger partial charge in [-0.05, 0) is 12.1 Å². The first-order chi connectivity index (χ1) is 10.5. The molecular formula is C13H12N2O7. The molecule has 0 aromatic heterocycles. The van der Waals surface area contributed by atoms with Crippen molar-refractivity contribution < 1.29 is 28.7 Å². The first kappa shape index (κ1) is 15.3. The predicted octanol–water partition coefficient (Wildman–Crippen LogP) is 0.626. The third-order valence-electron chi connectivity index (χ3n) is 2.77. The van der Waals surface area contributed by atoms with Crippen LogP contribution in [0.2, 0.25) is 0 Å². The van der Waals surface area contributed by atoms with Gasteiger partial charge >= 0.3 is 5.97 Å². The number of carbonyl (C=O) groups is 2. The van der Waals surface area contributed by atoms with Crippen LogP contribution in [-0.4, -0.2) is 37.2 Å². The summed E-state index contributed by atoms with van der Waals surface area (Å²) >= 11 is 0. The number of nitrogens with one attached hydrogen (secondary N) is 1. The minimum atomic E-state index is -0.601. The number of ether oxygens (including phenoxy) is 3. The highest BCUT2D eigenvalue weighted by Crippen LogP contribution is 2.38. The van der Waals surface area contributed by atoms with Gasteiger partial charge in [0, 0.05) is 6.08 Å². The Hall–Kier alpha value is -3.10. The van der Waals surface area contributed by atoms with Crippen LogP contribution in [0.5, 0.6) is 11.5 Å². The van der Waals surface area contributed by atoms with Gasteiger partial charge in [0.05, 0.1) is 23.7 Å². The Morgan fingerprint density at radius 3 is 2.73 bits per heavy atom. The molecule has 1 amide bonds. The Balaban J connectivity index is 2.14. The molecule has 0 fully saturated rings. The number of nitro groups is 1. The topological polar surface area (TPSA) is 117 Å². The highest BCUT2D eigenvalue weighted by molar-refractivity contribution is 5.94. The lowest BCUT2D eigenvalue weighted by Crippen LogP contribution is -2.28. The fourth-order valence-corrected chi connectivity index (χ4v) is 1.69. The van der Waals surface area contributed by atoms with Gasteiger partial charge in [-0.25, -0.2) is 0 Å². The quantitative estimate of drug-likeness (QED) is 0.367. The average molecular weight is 308 g/mol. The molecule has 9 nitrogen and oxygen atoms in total. The van der Waals surface area contributed by atoms with Gasteiger partial charge in [0.25, 0.3) is 5.69 Å². The normalized spacial score (nSPS) is 12.2. The summed E-state index contributed by atoms with van der Waals surface area (Å²) < 4.78 is 14.6. The monoisotopic (exact) mass is 308 g/mol. The number of hydrogen-bond donors (Lipinski definition) is 1. The van der Waals surface area contributed by atoms with Crippen LogP contribution in [0, 0.1) is 10.1 Å². The first-order valence-corrected chi connectivity index (χ1v) is 6.12. The fraction of sp³-hybridized carbons (Fsp3) is 0.231. The summed E-state index contributed by atoms with van der Waals surface area (Å²) in [4.78, 5) is 32.8. The Bertz CT molecular complexity index is 654. The van der Waals surface area contributed by atoms with Crippen LogP contribution in [0.15, 0.2) is 18.2 Å². The number of esters is 1. The Morgan fingerprint density at radius 2 is 2.09 bits per heavy atom. The zero-order valence-corrected chi connectivity index (χ0v) is 11.5. The van der Waals surface area contributed by atoms with Crippen molar-refractivity contribution in [2.24, 2.45) is 0 Å². The maximum Gasteiger partial charge on any atom is 0.325 e. The van der Waals surface area contributed by atoms with Gasteiger partial charge in [0.15, 0.2) is 11.5 Å². The van der Waals surface area contributed by atoms with Crippen molar-refractivity contribution in [3.8, 4) is 11.5 Å².